The number of nitrogens with zero attached hydrogens (tertiary/aromatic N) is 1. The zero-order valence-electron chi connectivity index (χ0n) is 9.93. The van der Waals surface area contributed by atoms with E-state index < -0.39 is 9.84 Å². The Balaban J connectivity index is 1.96. The third-order valence-electron chi connectivity index (χ3n) is 3.07. The normalized spacial score (nSPS) is 22.5. The molecule has 0 radical (unpaired) electrons. The number of hydrogen-bond donors (Lipinski definition) is 0. The molecule has 1 aliphatic heterocycles. The number of halogens is 1. The van der Waals surface area contributed by atoms with Crippen molar-refractivity contribution in [3.63, 3.8) is 0 Å². The summed E-state index contributed by atoms with van der Waals surface area (Å²) in [5.41, 5.74) is 0. The molecule has 0 amide bonds. The summed E-state index contributed by atoms with van der Waals surface area (Å²) in [6.07, 6.45) is 0.625. The second-order valence-electron chi connectivity index (χ2n) is 4.50. The minimum atomic E-state index is -2.89. The van der Waals surface area contributed by atoms with Crippen molar-refractivity contribution in [2.24, 2.45) is 0 Å². The van der Waals surface area contributed by atoms with Crippen LogP contribution in [0, 0.1) is 0 Å². The molecule has 7 heteroatoms. The number of likely N-dealkylation sites (N-methyl/N-ethyl adjacent to an activating group) is 1. The molecule has 1 atom stereocenters. The minimum absolute atomic E-state index is 0.0256. The Labute approximate surface area is 119 Å². The quantitative estimate of drug-likeness (QED) is 0.776. The summed E-state index contributed by atoms with van der Waals surface area (Å²) in [6.45, 7) is 0.271. The standard InChI is InChI=1S/C11H14BrNO3S2/c1-13(8-4-5-18(15,16)7-8)6-9(14)10-2-3-11(12)17-10/h2-3,8H,4-7H2,1H3. The largest absolute Gasteiger partial charge is 0.295 e. The van der Waals surface area contributed by atoms with Crippen molar-refractivity contribution in [3.8, 4) is 0 Å². The summed E-state index contributed by atoms with van der Waals surface area (Å²) >= 11 is 4.72. The van der Waals surface area contributed by atoms with Gasteiger partial charge in [-0.05, 0) is 41.5 Å². The maximum Gasteiger partial charge on any atom is 0.186 e. The molecule has 0 bridgehead atoms. The van der Waals surface area contributed by atoms with Crippen LogP contribution in [0.25, 0.3) is 0 Å². The van der Waals surface area contributed by atoms with Gasteiger partial charge in [-0.2, -0.15) is 0 Å². The van der Waals surface area contributed by atoms with Crippen molar-refractivity contribution in [1.29, 1.82) is 0 Å². The molecule has 1 fully saturated rings. The van der Waals surface area contributed by atoms with E-state index >= 15 is 0 Å². The van der Waals surface area contributed by atoms with Crippen LogP contribution in [0.3, 0.4) is 0 Å². The van der Waals surface area contributed by atoms with Crippen molar-refractivity contribution < 1.29 is 13.2 Å². The predicted molar refractivity (Wildman–Crippen MR) is 76.0 cm³/mol. The third kappa shape index (κ3) is 3.40. The lowest BCUT2D eigenvalue weighted by Crippen LogP contribution is -2.36. The zero-order chi connectivity index (χ0) is 13.3. The maximum absolute atomic E-state index is 12.0. The van der Waals surface area contributed by atoms with Crippen molar-refractivity contribution in [3.05, 3.63) is 20.8 Å². The van der Waals surface area contributed by atoms with Crippen molar-refractivity contribution in [2.45, 2.75) is 12.5 Å². The SMILES string of the molecule is CN(CC(=O)c1ccc(Br)s1)C1CCS(=O)(=O)C1. The van der Waals surface area contributed by atoms with Crippen molar-refractivity contribution in [2.75, 3.05) is 25.1 Å². The van der Waals surface area contributed by atoms with Crippen LogP contribution in [0.4, 0.5) is 0 Å². The molecule has 1 aliphatic rings. The minimum Gasteiger partial charge on any atom is -0.295 e. The molecule has 0 saturated carbocycles. The smallest absolute Gasteiger partial charge is 0.186 e. The molecular formula is C11H14BrNO3S2. The van der Waals surface area contributed by atoms with E-state index in [9.17, 15) is 13.2 Å². The van der Waals surface area contributed by atoms with Gasteiger partial charge in [0.05, 0.1) is 26.7 Å². The fourth-order valence-electron chi connectivity index (χ4n) is 2.02. The monoisotopic (exact) mass is 351 g/mol. The lowest BCUT2D eigenvalue weighted by molar-refractivity contribution is 0.0930. The van der Waals surface area contributed by atoms with Crippen LogP contribution in [0.15, 0.2) is 15.9 Å². The van der Waals surface area contributed by atoms with Crippen LogP contribution in [-0.2, 0) is 9.84 Å². The Kier molecular flexibility index (Phi) is 4.25. The lowest BCUT2D eigenvalue weighted by Gasteiger charge is -2.21. The lowest BCUT2D eigenvalue weighted by atomic mass is 10.2. The highest BCUT2D eigenvalue weighted by atomic mass is 79.9. The Bertz CT molecular complexity index is 552. The van der Waals surface area contributed by atoms with Gasteiger partial charge in [-0.3, -0.25) is 9.69 Å². The van der Waals surface area contributed by atoms with E-state index in [2.05, 4.69) is 15.9 Å². The number of ketones is 1. The molecule has 2 heterocycles. The molecule has 1 aromatic heterocycles. The highest BCUT2D eigenvalue weighted by Gasteiger charge is 2.31. The van der Waals surface area contributed by atoms with E-state index in [0.29, 0.717) is 11.3 Å². The van der Waals surface area contributed by atoms with Gasteiger partial charge in [0.25, 0.3) is 0 Å². The van der Waals surface area contributed by atoms with Crippen LogP contribution >= 0.6 is 27.3 Å². The number of thiophene rings is 1. The van der Waals surface area contributed by atoms with E-state index in [1.54, 1.807) is 6.07 Å². The molecule has 2 rings (SSSR count). The topological polar surface area (TPSA) is 54.5 Å². The second-order valence-corrected chi connectivity index (χ2v) is 9.19. The van der Waals surface area contributed by atoms with Crippen LogP contribution < -0.4 is 0 Å². The number of hydrogen-bond acceptors (Lipinski definition) is 5. The van der Waals surface area contributed by atoms with Crippen molar-refractivity contribution in [1.82, 2.24) is 4.90 Å². The van der Waals surface area contributed by atoms with E-state index in [4.69, 9.17) is 0 Å². The van der Waals surface area contributed by atoms with Crippen LogP contribution in [-0.4, -0.2) is 50.2 Å². The Morgan fingerprint density at radius 3 is 2.78 bits per heavy atom. The molecule has 0 aliphatic carbocycles. The fourth-order valence-corrected chi connectivity index (χ4v) is 5.14. The second kappa shape index (κ2) is 5.40. The maximum atomic E-state index is 12.0. The van der Waals surface area contributed by atoms with Crippen LogP contribution in [0.2, 0.25) is 0 Å². The van der Waals surface area contributed by atoms with E-state index in [1.165, 1.54) is 11.3 Å². The first-order valence-corrected chi connectivity index (χ1v) is 9.00. The predicted octanol–water partition coefficient (Wildman–Crippen LogP) is 1.81. The molecule has 100 valence electrons. The zero-order valence-corrected chi connectivity index (χ0v) is 13.1. The van der Waals surface area contributed by atoms with E-state index in [-0.39, 0.29) is 29.9 Å². The summed E-state index contributed by atoms with van der Waals surface area (Å²) < 4.78 is 23.7. The highest BCUT2D eigenvalue weighted by Crippen LogP contribution is 2.23. The van der Waals surface area contributed by atoms with Gasteiger partial charge in [-0.1, -0.05) is 0 Å². The summed E-state index contributed by atoms with van der Waals surface area (Å²) in [5.74, 6) is 0.448. The summed E-state index contributed by atoms with van der Waals surface area (Å²) in [4.78, 5) is 14.5. The van der Waals surface area contributed by atoms with E-state index in [0.717, 1.165) is 3.79 Å². The average Bonchev–Trinajstić information content (AvgIpc) is 2.84. The first-order valence-electron chi connectivity index (χ1n) is 5.56. The summed E-state index contributed by atoms with van der Waals surface area (Å²) in [6, 6.07) is 3.61. The van der Waals surface area contributed by atoms with Gasteiger partial charge >= 0.3 is 0 Å². The average molecular weight is 352 g/mol. The molecular weight excluding hydrogens is 338 g/mol. The summed E-state index contributed by atoms with van der Waals surface area (Å²) in [5, 5.41) is 0. The van der Waals surface area contributed by atoms with Crippen LogP contribution in [0.5, 0.6) is 0 Å². The van der Waals surface area contributed by atoms with Crippen LogP contribution in [0.1, 0.15) is 16.1 Å². The van der Waals surface area contributed by atoms with Gasteiger partial charge in [0, 0.05) is 6.04 Å². The number of carbonyl (C=O) groups excluding carboxylic acids is 1. The first-order chi connectivity index (χ1) is 8.37. The number of carbonyl (C=O) groups is 1. The van der Waals surface area contributed by atoms with E-state index in [1.807, 2.05) is 18.0 Å². The molecule has 0 N–H and O–H groups in total. The molecule has 1 aromatic rings. The fraction of sp³-hybridized carbons (Fsp3) is 0.545. The Morgan fingerprint density at radius 1 is 1.56 bits per heavy atom. The van der Waals surface area contributed by atoms with Gasteiger partial charge in [0.1, 0.15) is 0 Å². The van der Waals surface area contributed by atoms with Gasteiger partial charge in [0.15, 0.2) is 15.6 Å². The molecule has 0 aromatic carbocycles. The number of rotatable bonds is 4. The Morgan fingerprint density at radius 2 is 2.28 bits per heavy atom. The first kappa shape index (κ1) is 14.2. The van der Waals surface area contributed by atoms with Gasteiger partial charge in [-0.15, -0.1) is 11.3 Å². The molecule has 0 spiro atoms. The van der Waals surface area contributed by atoms with Crippen molar-refractivity contribution >= 4 is 42.9 Å². The number of sulfone groups is 1. The molecule has 18 heavy (non-hydrogen) atoms. The van der Waals surface area contributed by atoms with Gasteiger partial charge < -0.3 is 0 Å². The van der Waals surface area contributed by atoms with Gasteiger partial charge in [-0.25, -0.2) is 8.42 Å². The summed E-state index contributed by atoms with van der Waals surface area (Å²) in [7, 11) is -1.08. The van der Waals surface area contributed by atoms with Gasteiger partial charge in [0.2, 0.25) is 0 Å². The third-order valence-corrected chi connectivity index (χ3v) is 6.49. The molecule has 4 nitrogen and oxygen atoms in total. The Hall–Kier alpha value is -0.240. The molecule has 1 unspecified atom stereocenters. The molecule has 1 saturated heterocycles. The highest BCUT2D eigenvalue weighted by molar-refractivity contribution is 9.11. The number of Topliss-reactive ketones (excluding diaryl/α,β-unsaturated/α-hetero) is 1.